The topological polar surface area (TPSA) is 26.3 Å². The predicted octanol–water partition coefficient (Wildman–Crippen LogP) is 4.02. The molecule has 0 bridgehead atoms. The number of esters is 1. The number of rotatable bonds is 4. The fourth-order valence-corrected chi connectivity index (χ4v) is 2.07. The van der Waals surface area contributed by atoms with Crippen molar-refractivity contribution in [2.75, 3.05) is 0 Å². The van der Waals surface area contributed by atoms with Gasteiger partial charge >= 0.3 is 5.97 Å². The van der Waals surface area contributed by atoms with Crippen LogP contribution in [0.3, 0.4) is 0 Å². The van der Waals surface area contributed by atoms with Gasteiger partial charge in [-0.15, -0.1) is 0 Å². The van der Waals surface area contributed by atoms with Crippen molar-refractivity contribution in [2.45, 2.75) is 53.6 Å². The Balaban J connectivity index is 3.09. The molecule has 0 aromatic heterocycles. The van der Waals surface area contributed by atoms with Crippen LogP contribution in [0.5, 0.6) is 0 Å². The fourth-order valence-electron chi connectivity index (χ4n) is 2.07. The van der Waals surface area contributed by atoms with Crippen LogP contribution in [0.2, 0.25) is 0 Å². The van der Waals surface area contributed by atoms with E-state index in [4.69, 9.17) is 4.74 Å². The molecule has 0 amide bonds. The summed E-state index contributed by atoms with van der Waals surface area (Å²) >= 11 is 0. The second-order valence-corrected chi connectivity index (χ2v) is 4.61. The highest BCUT2D eigenvalue weighted by Gasteiger charge is 2.17. The van der Waals surface area contributed by atoms with Crippen LogP contribution in [0, 0.1) is 20.8 Å². The Labute approximate surface area is 104 Å². The molecule has 0 aliphatic carbocycles. The minimum atomic E-state index is -0.207. The van der Waals surface area contributed by atoms with Crippen molar-refractivity contribution in [1.29, 1.82) is 0 Å². The van der Waals surface area contributed by atoms with Gasteiger partial charge in [-0.1, -0.05) is 25.5 Å². The van der Waals surface area contributed by atoms with Gasteiger partial charge in [0.2, 0.25) is 0 Å². The van der Waals surface area contributed by atoms with Crippen LogP contribution in [0.15, 0.2) is 12.1 Å². The molecule has 1 aromatic rings. The highest BCUT2D eigenvalue weighted by Crippen LogP contribution is 2.28. The number of carbonyl (C=O) groups excluding carboxylic acids is 1. The van der Waals surface area contributed by atoms with E-state index in [0.717, 1.165) is 18.4 Å². The summed E-state index contributed by atoms with van der Waals surface area (Å²) in [7, 11) is 0. The Hall–Kier alpha value is -1.31. The quantitative estimate of drug-likeness (QED) is 0.736. The summed E-state index contributed by atoms with van der Waals surface area (Å²) in [5.41, 5.74) is 4.95. The van der Waals surface area contributed by atoms with Gasteiger partial charge in [-0.2, -0.15) is 0 Å². The molecule has 0 saturated heterocycles. The van der Waals surface area contributed by atoms with Gasteiger partial charge in [0, 0.05) is 6.92 Å². The molecule has 0 aliphatic heterocycles. The largest absolute Gasteiger partial charge is 0.458 e. The molecule has 1 aromatic carbocycles. The molecule has 0 heterocycles. The molecule has 1 unspecified atom stereocenters. The number of benzene rings is 1. The molecule has 0 saturated carbocycles. The van der Waals surface area contributed by atoms with Gasteiger partial charge in [-0.25, -0.2) is 0 Å². The molecule has 0 fully saturated rings. The highest BCUT2D eigenvalue weighted by atomic mass is 16.5. The summed E-state index contributed by atoms with van der Waals surface area (Å²) in [4.78, 5) is 11.1. The maximum atomic E-state index is 11.1. The summed E-state index contributed by atoms with van der Waals surface area (Å²) in [6.45, 7) is 9.90. The van der Waals surface area contributed by atoms with E-state index in [1.807, 2.05) is 0 Å². The summed E-state index contributed by atoms with van der Waals surface area (Å²) in [6.07, 6.45) is 1.78. The number of hydrogen-bond donors (Lipinski definition) is 0. The molecule has 0 radical (unpaired) electrons. The second kappa shape index (κ2) is 5.85. The lowest BCUT2D eigenvalue weighted by Crippen LogP contribution is -2.10. The van der Waals surface area contributed by atoms with Gasteiger partial charge in [0.25, 0.3) is 0 Å². The smallest absolute Gasteiger partial charge is 0.303 e. The third-order valence-electron chi connectivity index (χ3n) is 3.31. The van der Waals surface area contributed by atoms with Gasteiger partial charge in [-0.05, 0) is 49.4 Å². The molecule has 0 aliphatic rings. The predicted molar refractivity (Wildman–Crippen MR) is 70.1 cm³/mol. The van der Waals surface area contributed by atoms with Crippen LogP contribution in [0.1, 0.15) is 55.0 Å². The number of aryl methyl sites for hydroxylation is 1. The summed E-state index contributed by atoms with van der Waals surface area (Å²) < 4.78 is 5.41. The van der Waals surface area contributed by atoms with Crippen molar-refractivity contribution >= 4 is 5.97 Å². The molecule has 2 nitrogen and oxygen atoms in total. The third-order valence-corrected chi connectivity index (χ3v) is 3.31. The Kier molecular flexibility index (Phi) is 4.73. The van der Waals surface area contributed by atoms with Crippen LogP contribution >= 0.6 is 0 Å². The molecule has 0 spiro atoms. The Morgan fingerprint density at radius 1 is 1.24 bits per heavy atom. The van der Waals surface area contributed by atoms with E-state index in [1.54, 1.807) is 0 Å². The van der Waals surface area contributed by atoms with Crippen molar-refractivity contribution in [1.82, 2.24) is 0 Å². The summed E-state index contributed by atoms with van der Waals surface area (Å²) in [5, 5.41) is 0. The van der Waals surface area contributed by atoms with Gasteiger partial charge in [-0.3, -0.25) is 4.79 Å². The van der Waals surface area contributed by atoms with Crippen molar-refractivity contribution in [2.24, 2.45) is 0 Å². The van der Waals surface area contributed by atoms with Gasteiger partial charge in [0.1, 0.15) is 6.10 Å². The minimum absolute atomic E-state index is 0.100. The van der Waals surface area contributed by atoms with Crippen molar-refractivity contribution in [3.05, 3.63) is 34.4 Å². The highest BCUT2D eigenvalue weighted by molar-refractivity contribution is 5.66. The average Bonchev–Trinajstić information content (AvgIpc) is 2.25. The van der Waals surface area contributed by atoms with Crippen LogP contribution in [-0.4, -0.2) is 5.97 Å². The molecule has 0 N–H and O–H groups in total. The molecule has 1 atom stereocenters. The van der Waals surface area contributed by atoms with Crippen LogP contribution in [0.25, 0.3) is 0 Å². The van der Waals surface area contributed by atoms with Crippen molar-refractivity contribution in [3.8, 4) is 0 Å². The normalized spacial score (nSPS) is 12.3. The lowest BCUT2D eigenvalue weighted by atomic mass is 9.94. The Morgan fingerprint density at radius 3 is 2.41 bits per heavy atom. The second-order valence-electron chi connectivity index (χ2n) is 4.61. The molecule has 17 heavy (non-hydrogen) atoms. The number of hydrogen-bond acceptors (Lipinski definition) is 2. The van der Waals surface area contributed by atoms with E-state index in [0.29, 0.717) is 0 Å². The maximum Gasteiger partial charge on any atom is 0.303 e. The SMILES string of the molecule is CCCC(OC(C)=O)c1ccc(C)c(C)c1C. The zero-order valence-electron chi connectivity index (χ0n) is 11.5. The van der Waals surface area contributed by atoms with Crippen molar-refractivity contribution in [3.63, 3.8) is 0 Å². The van der Waals surface area contributed by atoms with E-state index in [2.05, 4.69) is 39.8 Å². The van der Waals surface area contributed by atoms with Crippen LogP contribution < -0.4 is 0 Å². The molecule has 1 rings (SSSR count). The van der Waals surface area contributed by atoms with Crippen molar-refractivity contribution < 1.29 is 9.53 Å². The Bertz CT molecular complexity index is 408. The van der Waals surface area contributed by atoms with Crippen LogP contribution in [0.4, 0.5) is 0 Å². The van der Waals surface area contributed by atoms with E-state index < -0.39 is 0 Å². The minimum Gasteiger partial charge on any atom is -0.458 e. The first-order valence-electron chi connectivity index (χ1n) is 6.21. The van der Waals surface area contributed by atoms with Crippen LogP contribution in [-0.2, 0) is 9.53 Å². The lowest BCUT2D eigenvalue weighted by molar-refractivity contribution is -0.147. The van der Waals surface area contributed by atoms with E-state index in [-0.39, 0.29) is 12.1 Å². The first kappa shape index (κ1) is 13.8. The van der Waals surface area contributed by atoms with E-state index >= 15 is 0 Å². The lowest BCUT2D eigenvalue weighted by Gasteiger charge is -2.20. The number of carbonyl (C=O) groups is 1. The van der Waals surface area contributed by atoms with E-state index in [1.165, 1.54) is 23.6 Å². The molecular formula is C15H22O2. The fraction of sp³-hybridized carbons (Fsp3) is 0.533. The molecular weight excluding hydrogens is 212 g/mol. The third kappa shape index (κ3) is 3.32. The zero-order valence-corrected chi connectivity index (χ0v) is 11.5. The van der Waals surface area contributed by atoms with Gasteiger partial charge in [0.15, 0.2) is 0 Å². The first-order valence-corrected chi connectivity index (χ1v) is 6.21. The monoisotopic (exact) mass is 234 g/mol. The van der Waals surface area contributed by atoms with Gasteiger partial charge in [0.05, 0.1) is 0 Å². The average molecular weight is 234 g/mol. The molecule has 94 valence electrons. The summed E-state index contributed by atoms with van der Waals surface area (Å²) in [6, 6.07) is 4.19. The standard InChI is InChI=1S/C15H22O2/c1-6-7-15(17-13(5)16)14-9-8-10(2)11(3)12(14)4/h8-9,15H,6-7H2,1-5H3. The number of ether oxygens (including phenoxy) is 1. The van der Waals surface area contributed by atoms with Gasteiger partial charge < -0.3 is 4.74 Å². The zero-order chi connectivity index (χ0) is 13.0. The van der Waals surface area contributed by atoms with E-state index in [9.17, 15) is 4.79 Å². The molecule has 2 heteroatoms. The maximum absolute atomic E-state index is 11.1. The first-order chi connectivity index (χ1) is 7.97. The summed E-state index contributed by atoms with van der Waals surface area (Å²) in [5.74, 6) is -0.207. The Morgan fingerprint density at radius 2 is 1.88 bits per heavy atom.